The summed E-state index contributed by atoms with van der Waals surface area (Å²) in [6.07, 6.45) is 1.40. The van der Waals surface area contributed by atoms with E-state index in [1.165, 1.54) is 0 Å². The number of para-hydroxylation sites is 2. The predicted octanol–water partition coefficient (Wildman–Crippen LogP) is 4.26. The first-order valence-electron chi connectivity index (χ1n) is 9.38. The lowest BCUT2D eigenvalue weighted by atomic mass is 10.0. The normalized spacial score (nSPS) is 13.9. The summed E-state index contributed by atoms with van der Waals surface area (Å²) in [6.45, 7) is 6.80. The SMILES string of the molecule is Cc1ccc(C(C)C)c(OCC(=O)Nc2ccccc2N2CCCC2=O)c1. The molecule has 5 nitrogen and oxygen atoms in total. The number of ether oxygens (including phenoxy) is 1. The second-order valence-electron chi connectivity index (χ2n) is 7.20. The van der Waals surface area contributed by atoms with Gasteiger partial charge in [0, 0.05) is 13.0 Å². The van der Waals surface area contributed by atoms with Gasteiger partial charge in [-0.1, -0.05) is 38.1 Å². The van der Waals surface area contributed by atoms with Crippen molar-refractivity contribution in [1.82, 2.24) is 0 Å². The highest BCUT2D eigenvalue weighted by molar-refractivity contribution is 6.02. The van der Waals surface area contributed by atoms with Crippen molar-refractivity contribution in [2.75, 3.05) is 23.4 Å². The first-order valence-corrected chi connectivity index (χ1v) is 9.38. The molecule has 1 heterocycles. The van der Waals surface area contributed by atoms with Gasteiger partial charge in [-0.2, -0.15) is 0 Å². The number of hydrogen-bond donors (Lipinski definition) is 1. The van der Waals surface area contributed by atoms with E-state index >= 15 is 0 Å². The number of carbonyl (C=O) groups excluding carboxylic acids is 2. The number of rotatable bonds is 6. The Morgan fingerprint density at radius 2 is 2.00 bits per heavy atom. The van der Waals surface area contributed by atoms with Crippen LogP contribution in [0.4, 0.5) is 11.4 Å². The van der Waals surface area contributed by atoms with Gasteiger partial charge in [0.15, 0.2) is 6.61 Å². The first kappa shape index (κ1) is 19.0. The highest BCUT2D eigenvalue weighted by Crippen LogP contribution is 2.30. The van der Waals surface area contributed by atoms with E-state index in [4.69, 9.17) is 4.74 Å². The topological polar surface area (TPSA) is 58.6 Å². The number of nitrogens with zero attached hydrogens (tertiary/aromatic N) is 1. The van der Waals surface area contributed by atoms with E-state index in [1.807, 2.05) is 49.4 Å². The number of nitrogens with one attached hydrogen (secondary N) is 1. The van der Waals surface area contributed by atoms with Crippen molar-refractivity contribution in [3.8, 4) is 5.75 Å². The zero-order chi connectivity index (χ0) is 19.4. The maximum atomic E-state index is 12.5. The van der Waals surface area contributed by atoms with Gasteiger partial charge in [0.05, 0.1) is 11.4 Å². The molecule has 0 aromatic heterocycles. The Kier molecular flexibility index (Phi) is 5.79. The van der Waals surface area contributed by atoms with Crippen LogP contribution in [0.25, 0.3) is 0 Å². The molecule has 2 amide bonds. The van der Waals surface area contributed by atoms with Gasteiger partial charge in [-0.3, -0.25) is 9.59 Å². The smallest absolute Gasteiger partial charge is 0.262 e. The molecule has 0 aliphatic carbocycles. The Labute approximate surface area is 160 Å². The molecule has 0 radical (unpaired) electrons. The van der Waals surface area contributed by atoms with E-state index in [1.54, 1.807) is 4.90 Å². The summed E-state index contributed by atoms with van der Waals surface area (Å²) in [5, 5.41) is 2.88. The number of aryl methyl sites for hydroxylation is 1. The molecule has 0 atom stereocenters. The third kappa shape index (κ3) is 4.48. The average Bonchev–Trinajstić information content (AvgIpc) is 3.06. The van der Waals surface area contributed by atoms with Gasteiger partial charge in [-0.15, -0.1) is 0 Å². The maximum Gasteiger partial charge on any atom is 0.262 e. The molecule has 1 saturated heterocycles. The minimum absolute atomic E-state index is 0.0779. The van der Waals surface area contributed by atoms with Gasteiger partial charge in [-0.25, -0.2) is 0 Å². The van der Waals surface area contributed by atoms with E-state index in [0.717, 1.165) is 29.0 Å². The fraction of sp³-hybridized carbons (Fsp3) is 0.364. The molecule has 5 heteroatoms. The Hall–Kier alpha value is -2.82. The summed E-state index contributed by atoms with van der Waals surface area (Å²) in [4.78, 5) is 26.2. The molecule has 1 aliphatic heterocycles. The predicted molar refractivity (Wildman–Crippen MR) is 107 cm³/mol. The lowest BCUT2D eigenvalue weighted by Gasteiger charge is -2.20. The van der Waals surface area contributed by atoms with E-state index in [9.17, 15) is 9.59 Å². The van der Waals surface area contributed by atoms with E-state index in [2.05, 4.69) is 19.2 Å². The summed E-state index contributed by atoms with van der Waals surface area (Å²) >= 11 is 0. The van der Waals surface area contributed by atoms with Crippen LogP contribution in [-0.2, 0) is 9.59 Å². The highest BCUT2D eigenvalue weighted by atomic mass is 16.5. The molecule has 2 aromatic rings. The molecule has 1 aliphatic rings. The van der Waals surface area contributed by atoms with Crippen LogP contribution in [0.15, 0.2) is 42.5 Å². The Bertz CT molecular complexity index is 845. The molecule has 1 N–H and O–H groups in total. The van der Waals surface area contributed by atoms with Crippen molar-refractivity contribution in [3.63, 3.8) is 0 Å². The third-order valence-electron chi connectivity index (χ3n) is 4.69. The Balaban J connectivity index is 1.69. The molecule has 27 heavy (non-hydrogen) atoms. The van der Waals surface area contributed by atoms with E-state index in [-0.39, 0.29) is 18.4 Å². The van der Waals surface area contributed by atoms with Crippen molar-refractivity contribution in [2.24, 2.45) is 0 Å². The first-order chi connectivity index (χ1) is 13.0. The van der Waals surface area contributed by atoms with Crippen molar-refractivity contribution in [2.45, 2.75) is 39.5 Å². The molecular formula is C22H26N2O3. The number of hydrogen-bond acceptors (Lipinski definition) is 3. The van der Waals surface area contributed by atoms with Crippen LogP contribution >= 0.6 is 0 Å². The van der Waals surface area contributed by atoms with Gasteiger partial charge in [0.2, 0.25) is 5.91 Å². The van der Waals surface area contributed by atoms with Crippen LogP contribution in [0.5, 0.6) is 5.75 Å². The van der Waals surface area contributed by atoms with Crippen molar-refractivity contribution in [3.05, 3.63) is 53.6 Å². The summed E-state index contributed by atoms with van der Waals surface area (Å²) in [5.41, 5.74) is 3.55. The minimum Gasteiger partial charge on any atom is -0.483 e. The minimum atomic E-state index is -0.245. The standard InChI is InChI=1S/C22H26N2O3/c1-15(2)17-11-10-16(3)13-20(17)27-14-21(25)23-18-7-4-5-8-19(18)24-12-6-9-22(24)26/h4-5,7-8,10-11,13,15H,6,9,12,14H2,1-3H3,(H,23,25). The molecule has 3 rings (SSSR count). The zero-order valence-corrected chi connectivity index (χ0v) is 16.1. The average molecular weight is 366 g/mol. The monoisotopic (exact) mass is 366 g/mol. The van der Waals surface area contributed by atoms with E-state index in [0.29, 0.717) is 24.6 Å². The van der Waals surface area contributed by atoms with Gasteiger partial charge >= 0.3 is 0 Å². The largest absolute Gasteiger partial charge is 0.483 e. The van der Waals surface area contributed by atoms with Crippen molar-refractivity contribution >= 4 is 23.2 Å². The summed E-state index contributed by atoms with van der Waals surface area (Å²) < 4.78 is 5.81. The van der Waals surface area contributed by atoms with E-state index < -0.39 is 0 Å². The van der Waals surface area contributed by atoms with Gasteiger partial charge in [0.25, 0.3) is 5.91 Å². The van der Waals surface area contributed by atoms with Crippen LogP contribution in [-0.4, -0.2) is 25.0 Å². The second kappa shape index (κ2) is 8.25. The summed E-state index contributed by atoms with van der Waals surface area (Å²) in [5.74, 6) is 0.897. The van der Waals surface area contributed by atoms with Gasteiger partial charge < -0.3 is 15.0 Å². The fourth-order valence-corrected chi connectivity index (χ4v) is 3.29. The molecule has 0 bridgehead atoms. The molecule has 0 saturated carbocycles. The maximum absolute atomic E-state index is 12.5. The number of amides is 2. The zero-order valence-electron chi connectivity index (χ0n) is 16.1. The lowest BCUT2D eigenvalue weighted by molar-refractivity contribution is -0.118. The lowest BCUT2D eigenvalue weighted by Crippen LogP contribution is -2.27. The highest BCUT2D eigenvalue weighted by Gasteiger charge is 2.24. The Morgan fingerprint density at radius 1 is 1.22 bits per heavy atom. The quantitative estimate of drug-likeness (QED) is 0.831. The van der Waals surface area contributed by atoms with Crippen LogP contribution in [0, 0.1) is 6.92 Å². The van der Waals surface area contributed by atoms with Gasteiger partial charge in [-0.05, 0) is 48.6 Å². The molecule has 1 fully saturated rings. The van der Waals surface area contributed by atoms with Crippen molar-refractivity contribution in [1.29, 1.82) is 0 Å². The summed E-state index contributed by atoms with van der Waals surface area (Å²) in [7, 11) is 0. The number of benzene rings is 2. The number of anilines is 2. The van der Waals surface area contributed by atoms with Crippen LogP contribution < -0.4 is 15.0 Å². The van der Waals surface area contributed by atoms with Crippen LogP contribution in [0.2, 0.25) is 0 Å². The molecule has 0 spiro atoms. The summed E-state index contributed by atoms with van der Waals surface area (Å²) in [6, 6.07) is 13.4. The van der Waals surface area contributed by atoms with Gasteiger partial charge in [0.1, 0.15) is 5.75 Å². The molecule has 0 unspecified atom stereocenters. The molecule has 142 valence electrons. The van der Waals surface area contributed by atoms with Crippen molar-refractivity contribution < 1.29 is 14.3 Å². The third-order valence-corrected chi connectivity index (χ3v) is 4.69. The molecular weight excluding hydrogens is 340 g/mol. The fourth-order valence-electron chi connectivity index (χ4n) is 3.29. The van der Waals surface area contributed by atoms with Crippen LogP contribution in [0.3, 0.4) is 0 Å². The van der Waals surface area contributed by atoms with Crippen LogP contribution in [0.1, 0.15) is 43.7 Å². The molecule has 2 aromatic carbocycles. The Morgan fingerprint density at radius 3 is 2.70 bits per heavy atom. The second-order valence-corrected chi connectivity index (χ2v) is 7.20. The number of carbonyl (C=O) groups is 2.